The van der Waals surface area contributed by atoms with Crippen molar-refractivity contribution >= 4 is 23.5 Å². The summed E-state index contributed by atoms with van der Waals surface area (Å²) in [4.78, 5) is 40.9. The zero-order valence-electron chi connectivity index (χ0n) is 14.7. The minimum Gasteiger partial charge on any atom is -0.462 e. The molecule has 1 atom stereocenters. The molecule has 25 heavy (non-hydrogen) atoms. The number of hydrogen-bond donors (Lipinski definition) is 2. The number of nitrogens with one attached hydrogen (secondary N) is 2. The molecule has 7 heteroatoms. The Morgan fingerprint density at radius 1 is 1.16 bits per heavy atom. The summed E-state index contributed by atoms with van der Waals surface area (Å²) in [6, 6.07) is 6.16. The van der Waals surface area contributed by atoms with E-state index in [1.165, 1.54) is 14.7 Å². The Morgan fingerprint density at radius 2 is 1.80 bits per heavy atom. The second-order valence-electron chi connectivity index (χ2n) is 6.71. The van der Waals surface area contributed by atoms with Crippen LogP contribution in [0.1, 0.15) is 23.7 Å². The van der Waals surface area contributed by atoms with Crippen LogP contribution in [0.3, 0.4) is 0 Å². The molecule has 0 saturated carbocycles. The van der Waals surface area contributed by atoms with Gasteiger partial charge in [-0.3, -0.25) is 9.59 Å². The van der Waals surface area contributed by atoms with Crippen molar-refractivity contribution in [3.63, 3.8) is 0 Å². The number of amides is 2. The van der Waals surface area contributed by atoms with E-state index < -0.39 is 5.97 Å². The molecule has 0 spiro atoms. The van der Waals surface area contributed by atoms with Crippen LogP contribution in [-0.2, 0) is 14.3 Å². The number of hydrogen-bond acceptors (Lipinski definition) is 4. The van der Waals surface area contributed by atoms with E-state index in [1.54, 1.807) is 31.2 Å². The maximum absolute atomic E-state index is 12.8. The molecule has 2 N–H and O–H groups in total. The number of carbonyl (C=O) groups is 3. The van der Waals surface area contributed by atoms with Crippen LogP contribution in [0.25, 0.3) is 0 Å². The monoisotopic (exact) mass is 347 g/mol. The molecule has 0 bridgehead atoms. The first-order valence-electron chi connectivity index (χ1n) is 8.81. The lowest BCUT2D eigenvalue weighted by Crippen LogP contribution is -3.29. The van der Waals surface area contributed by atoms with Crippen molar-refractivity contribution in [3.05, 3.63) is 29.8 Å². The van der Waals surface area contributed by atoms with Crippen molar-refractivity contribution in [1.82, 2.24) is 0 Å². The Morgan fingerprint density at radius 3 is 2.40 bits per heavy atom. The highest BCUT2D eigenvalue weighted by Crippen LogP contribution is 2.22. The van der Waals surface area contributed by atoms with Crippen molar-refractivity contribution in [1.29, 1.82) is 0 Å². The summed E-state index contributed by atoms with van der Waals surface area (Å²) in [5, 5.41) is 0. The number of piperazine rings is 1. The number of benzene rings is 1. The highest BCUT2D eigenvalue weighted by molar-refractivity contribution is 6.21. The van der Waals surface area contributed by atoms with Gasteiger partial charge in [-0.15, -0.1) is 0 Å². The van der Waals surface area contributed by atoms with Crippen LogP contribution in [0.15, 0.2) is 24.3 Å². The molecule has 0 unspecified atom stereocenters. The predicted octanol–water partition coefficient (Wildman–Crippen LogP) is -2.09. The van der Waals surface area contributed by atoms with Crippen molar-refractivity contribution in [2.24, 2.45) is 0 Å². The van der Waals surface area contributed by atoms with E-state index in [0.29, 0.717) is 17.9 Å². The van der Waals surface area contributed by atoms with E-state index in [4.69, 9.17) is 4.74 Å². The van der Waals surface area contributed by atoms with Crippen molar-refractivity contribution in [2.75, 3.05) is 44.7 Å². The van der Waals surface area contributed by atoms with Crippen molar-refractivity contribution < 1.29 is 28.9 Å². The summed E-state index contributed by atoms with van der Waals surface area (Å²) in [5.41, 5.74) is 0.929. The molecular formula is C18H25N3O4+2. The Bertz CT molecular complexity index is 665. The first-order valence-corrected chi connectivity index (χ1v) is 8.81. The highest BCUT2D eigenvalue weighted by Gasteiger charge is 2.46. The molecule has 2 amide bonds. The van der Waals surface area contributed by atoms with Crippen LogP contribution < -0.4 is 14.7 Å². The normalized spacial score (nSPS) is 26.8. The van der Waals surface area contributed by atoms with Gasteiger partial charge in [0.05, 0.1) is 31.3 Å². The van der Waals surface area contributed by atoms with E-state index in [2.05, 4.69) is 7.05 Å². The molecule has 1 aromatic rings. The fraction of sp³-hybridized carbons (Fsp3) is 0.500. The smallest absolute Gasteiger partial charge is 0.338 e. The van der Waals surface area contributed by atoms with E-state index in [1.807, 2.05) is 0 Å². The van der Waals surface area contributed by atoms with Gasteiger partial charge in [-0.1, -0.05) is 0 Å². The lowest BCUT2D eigenvalue weighted by Gasteiger charge is -2.30. The molecule has 2 aliphatic heterocycles. The molecule has 3 rings (SSSR count). The zero-order valence-corrected chi connectivity index (χ0v) is 14.7. The summed E-state index contributed by atoms with van der Waals surface area (Å²) in [6.07, 6.45) is 0.257. The first kappa shape index (κ1) is 17.6. The van der Waals surface area contributed by atoms with Gasteiger partial charge in [-0.25, -0.2) is 9.69 Å². The predicted molar refractivity (Wildman–Crippen MR) is 90.6 cm³/mol. The average Bonchev–Trinajstić information content (AvgIpc) is 2.90. The molecule has 134 valence electrons. The maximum atomic E-state index is 12.8. The minimum atomic E-state index is -0.407. The topological polar surface area (TPSA) is 72.6 Å². The number of rotatable bonds is 4. The van der Waals surface area contributed by atoms with Gasteiger partial charge in [-0.2, -0.15) is 0 Å². The van der Waals surface area contributed by atoms with E-state index in [9.17, 15) is 14.4 Å². The van der Waals surface area contributed by atoms with E-state index >= 15 is 0 Å². The van der Waals surface area contributed by atoms with Crippen LogP contribution in [-0.4, -0.2) is 63.7 Å². The third kappa shape index (κ3) is 3.57. The second-order valence-corrected chi connectivity index (χ2v) is 6.71. The van der Waals surface area contributed by atoms with Crippen LogP contribution in [0.4, 0.5) is 5.69 Å². The van der Waals surface area contributed by atoms with Gasteiger partial charge >= 0.3 is 5.97 Å². The lowest BCUT2D eigenvalue weighted by atomic mass is 10.1. The Labute approximate surface area is 147 Å². The number of ether oxygens (including phenoxy) is 1. The standard InChI is InChI=1S/C18H23N3O4/c1-3-25-18(24)13-4-6-14(7-5-13)21-16(22)12-15(17(21)23)20-10-8-19(2)9-11-20/h4-7,15H,3,8-12H2,1-2H3/p+2/t15-/m1/s1. The van der Waals surface area contributed by atoms with Crippen molar-refractivity contribution in [2.45, 2.75) is 19.4 Å². The number of imide groups is 1. The molecule has 2 aliphatic rings. The SMILES string of the molecule is CCOC(=O)c1ccc(N2C(=O)C[C@@H]([NH+]3CC[NH+](C)CC3)C2=O)cc1. The number of likely N-dealkylation sites (N-methyl/N-ethyl adjacent to an activating group) is 1. The molecule has 0 aromatic heterocycles. The van der Waals surface area contributed by atoms with Gasteiger partial charge in [0.1, 0.15) is 26.2 Å². The number of nitrogens with zero attached hydrogens (tertiary/aromatic N) is 1. The summed E-state index contributed by atoms with van der Waals surface area (Å²) >= 11 is 0. The number of carbonyl (C=O) groups excluding carboxylic acids is 3. The van der Waals surface area contributed by atoms with Gasteiger partial charge < -0.3 is 14.5 Å². The summed E-state index contributed by atoms with van der Waals surface area (Å²) in [5.74, 6) is -0.712. The van der Waals surface area contributed by atoms with E-state index in [0.717, 1.165) is 26.2 Å². The summed E-state index contributed by atoms with van der Waals surface area (Å²) in [6.45, 7) is 5.90. The number of anilines is 1. The third-order valence-corrected chi connectivity index (χ3v) is 5.02. The summed E-state index contributed by atoms with van der Waals surface area (Å²) in [7, 11) is 2.15. The first-order chi connectivity index (χ1) is 12.0. The van der Waals surface area contributed by atoms with Gasteiger partial charge in [0.15, 0.2) is 6.04 Å². The molecule has 2 heterocycles. The fourth-order valence-electron chi connectivity index (χ4n) is 3.53. The third-order valence-electron chi connectivity index (χ3n) is 5.02. The van der Waals surface area contributed by atoms with E-state index in [-0.39, 0.29) is 24.3 Å². The highest BCUT2D eigenvalue weighted by atomic mass is 16.5. The largest absolute Gasteiger partial charge is 0.462 e. The number of quaternary nitrogens is 2. The van der Waals surface area contributed by atoms with Gasteiger partial charge in [0, 0.05) is 0 Å². The van der Waals surface area contributed by atoms with Crippen LogP contribution in [0, 0.1) is 0 Å². The van der Waals surface area contributed by atoms with Crippen LogP contribution >= 0.6 is 0 Å². The molecule has 7 nitrogen and oxygen atoms in total. The second kappa shape index (κ2) is 7.33. The molecule has 2 fully saturated rings. The van der Waals surface area contributed by atoms with Crippen LogP contribution in [0.5, 0.6) is 0 Å². The molecule has 0 radical (unpaired) electrons. The minimum absolute atomic E-state index is 0.136. The van der Waals surface area contributed by atoms with Gasteiger partial charge in [0.2, 0.25) is 5.91 Å². The van der Waals surface area contributed by atoms with Crippen molar-refractivity contribution in [3.8, 4) is 0 Å². The Hall–Kier alpha value is -2.25. The molecular weight excluding hydrogens is 322 g/mol. The maximum Gasteiger partial charge on any atom is 0.338 e. The Kier molecular flexibility index (Phi) is 5.15. The average molecular weight is 347 g/mol. The lowest BCUT2D eigenvalue weighted by molar-refractivity contribution is -1.01. The molecule has 2 saturated heterocycles. The van der Waals surface area contributed by atoms with Gasteiger partial charge in [-0.05, 0) is 31.2 Å². The van der Waals surface area contributed by atoms with Crippen LogP contribution in [0.2, 0.25) is 0 Å². The molecule has 1 aromatic carbocycles. The zero-order chi connectivity index (χ0) is 18.0. The molecule has 0 aliphatic carbocycles. The summed E-state index contributed by atoms with van der Waals surface area (Å²) < 4.78 is 4.95. The number of esters is 1. The Balaban J connectivity index is 1.73. The fourth-order valence-corrected chi connectivity index (χ4v) is 3.53. The quantitative estimate of drug-likeness (QED) is 0.484. The van der Waals surface area contributed by atoms with Gasteiger partial charge in [0.25, 0.3) is 5.91 Å².